The van der Waals surface area contributed by atoms with Crippen molar-refractivity contribution in [3.63, 3.8) is 0 Å². The Bertz CT molecular complexity index is 774. The van der Waals surface area contributed by atoms with E-state index in [9.17, 15) is 4.79 Å². The van der Waals surface area contributed by atoms with Gasteiger partial charge in [0.1, 0.15) is 0 Å². The predicted octanol–water partition coefficient (Wildman–Crippen LogP) is 3.42. The van der Waals surface area contributed by atoms with Crippen LogP contribution in [0.3, 0.4) is 0 Å². The number of methoxy groups -OCH3 is 2. The summed E-state index contributed by atoms with van der Waals surface area (Å²) in [4.78, 5) is 12.0. The van der Waals surface area contributed by atoms with Crippen molar-refractivity contribution in [2.45, 2.75) is 6.42 Å². The van der Waals surface area contributed by atoms with E-state index < -0.39 is 0 Å². The van der Waals surface area contributed by atoms with Crippen LogP contribution in [-0.2, 0) is 11.2 Å². The molecule has 2 aromatic rings. The van der Waals surface area contributed by atoms with Gasteiger partial charge >= 0.3 is 0 Å². The van der Waals surface area contributed by atoms with E-state index in [-0.39, 0.29) is 5.91 Å². The number of anilines is 1. The number of hydrogen-bond acceptors (Lipinski definition) is 4. The molecular formula is C19H18N2O3. The van der Waals surface area contributed by atoms with Gasteiger partial charge in [0.2, 0.25) is 5.91 Å². The van der Waals surface area contributed by atoms with Crippen LogP contribution >= 0.6 is 0 Å². The van der Waals surface area contributed by atoms with E-state index in [0.29, 0.717) is 23.6 Å². The van der Waals surface area contributed by atoms with Gasteiger partial charge in [0, 0.05) is 11.8 Å². The molecule has 2 rings (SSSR count). The lowest BCUT2D eigenvalue weighted by atomic mass is 10.1. The highest BCUT2D eigenvalue weighted by atomic mass is 16.5. The summed E-state index contributed by atoms with van der Waals surface area (Å²) in [6.07, 6.45) is 3.50. The van der Waals surface area contributed by atoms with E-state index in [1.807, 2.05) is 18.2 Å². The second-order valence-corrected chi connectivity index (χ2v) is 4.97. The Morgan fingerprint density at radius 1 is 1.12 bits per heavy atom. The first-order valence-electron chi connectivity index (χ1n) is 7.33. The molecule has 0 atom stereocenters. The molecule has 0 fully saturated rings. The molecule has 0 aliphatic heterocycles. The number of carbonyl (C=O) groups is 1. The summed E-state index contributed by atoms with van der Waals surface area (Å²) >= 11 is 0. The number of ether oxygens (including phenoxy) is 2. The molecule has 1 amide bonds. The molecule has 2 aromatic carbocycles. The fourth-order valence-corrected chi connectivity index (χ4v) is 2.11. The van der Waals surface area contributed by atoms with E-state index in [4.69, 9.17) is 14.7 Å². The molecule has 122 valence electrons. The fourth-order valence-electron chi connectivity index (χ4n) is 2.11. The smallest absolute Gasteiger partial charge is 0.248 e. The molecule has 0 aromatic heterocycles. The van der Waals surface area contributed by atoms with Crippen molar-refractivity contribution in [1.29, 1.82) is 5.26 Å². The minimum atomic E-state index is -0.238. The first kappa shape index (κ1) is 17.1. The number of hydrogen-bond donors (Lipinski definition) is 1. The molecule has 0 saturated carbocycles. The molecule has 1 N–H and O–H groups in total. The predicted molar refractivity (Wildman–Crippen MR) is 93.0 cm³/mol. The molecule has 0 unspecified atom stereocenters. The Kier molecular flexibility index (Phi) is 5.98. The average Bonchev–Trinajstić information content (AvgIpc) is 2.61. The highest BCUT2D eigenvalue weighted by Crippen LogP contribution is 2.27. The molecule has 0 saturated heterocycles. The number of nitrogens with one attached hydrogen (secondary N) is 1. The van der Waals surface area contributed by atoms with Gasteiger partial charge in [-0.05, 0) is 41.5 Å². The quantitative estimate of drug-likeness (QED) is 0.827. The number of benzene rings is 2. The van der Waals surface area contributed by atoms with Gasteiger partial charge in [-0.3, -0.25) is 4.79 Å². The van der Waals surface area contributed by atoms with Crippen molar-refractivity contribution in [2.24, 2.45) is 0 Å². The molecule has 0 bridgehead atoms. The first-order valence-corrected chi connectivity index (χ1v) is 7.33. The SMILES string of the molecule is COc1ccc(/C=C/C(=O)Nc2ccc(CC#N)cc2)cc1OC. The van der Waals surface area contributed by atoms with E-state index >= 15 is 0 Å². The fraction of sp³-hybridized carbons (Fsp3) is 0.158. The Morgan fingerprint density at radius 2 is 1.83 bits per heavy atom. The molecule has 5 heteroatoms. The molecular weight excluding hydrogens is 304 g/mol. The van der Waals surface area contributed by atoms with Crippen molar-refractivity contribution in [2.75, 3.05) is 19.5 Å². The van der Waals surface area contributed by atoms with E-state index in [1.165, 1.54) is 6.08 Å². The Morgan fingerprint density at radius 3 is 2.46 bits per heavy atom. The normalized spacial score (nSPS) is 10.2. The number of nitrogens with zero attached hydrogens (tertiary/aromatic N) is 1. The highest BCUT2D eigenvalue weighted by Gasteiger charge is 2.03. The zero-order valence-electron chi connectivity index (χ0n) is 13.6. The van der Waals surface area contributed by atoms with Gasteiger partial charge < -0.3 is 14.8 Å². The van der Waals surface area contributed by atoms with Crippen molar-refractivity contribution in [1.82, 2.24) is 0 Å². The van der Waals surface area contributed by atoms with Crippen LogP contribution in [0.5, 0.6) is 11.5 Å². The minimum absolute atomic E-state index is 0.238. The lowest BCUT2D eigenvalue weighted by Gasteiger charge is -2.07. The van der Waals surface area contributed by atoms with Crippen molar-refractivity contribution in [3.8, 4) is 17.6 Å². The number of amides is 1. The molecule has 24 heavy (non-hydrogen) atoms. The number of nitriles is 1. The largest absolute Gasteiger partial charge is 0.493 e. The van der Waals surface area contributed by atoms with Gasteiger partial charge in [-0.15, -0.1) is 0 Å². The number of rotatable bonds is 6. The molecule has 0 spiro atoms. The number of carbonyl (C=O) groups excluding carboxylic acids is 1. The van der Waals surface area contributed by atoms with E-state index in [2.05, 4.69) is 11.4 Å². The molecule has 0 radical (unpaired) electrons. The van der Waals surface area contributed by atoms with Crippen molar-refractivity contribution in [3.05, 3.63) is 59.7 Å². The summed E-state index contributed by atoms with van der Waals surface area (Å²) in [5.74, 6) is 1.00. The minimum Gasteiger partial charge on any atom is -0.493 e. The second-order valence-electron chi connectivity index (χ2n) is 4.97. The van der Waals surface area contributed by atoms with Crippen LogP contribution in [0.2, 0.25) is 0 Å². The topological polar surface area (TPSA) is 71.3 Å². The maximum Gasteiger partial charge on any atom is 0.248 e. The third-order valence-corrected chi connectivity index (χ3v) is 3.34. The van der Waals surface area contributed by atoms with Gasteiger partial charge in [-0.1, -0.05) is 18.2 Å². The van der Waals surface area contributed by atoms with Gasteiger partial charge in [0.15, 0.2) is 11.5 Å². The van der Waals surface area contributed by atoms with Crippen LogP contribution in [0.4, 0.5) is 5.69 Å². The van der Waals surface area contributed by atoms with Crippen LogP contribution in [0.1, 0.15) is 11.1 Å². The third-order valence-electron chi connectivity index (χ3n) is 3.34. The summed E-state index contributed by atoms with van der Waals surface area (Å²) in [5, 5.41) is 11.4. The zero-order chi connectivity index (χ0) is 17.4. The van der Waals surface area contributed by atoms with E-state index in [0.717, 1.165) is 11.1 Å². The second kappa shape index (κ2) is 8.39. The molecule has 0 heterocycles. The highest BCUT2D eigenvalue weighted by molar-refractivity contribution is 6.01. The van der Waals surface area contributed by atoms with Gasteiger partial charge in [-0.2, -0.15) is 5.26 Å². The maximum absolute atomic E-state index is 12.0. The maximum atomic E-state index is 12.0. The zero-order valence-corrected chi connectivity index (χ0v) is 13.6. The van der Waals surface area contributed by atoms with Gasteiger partial charge in [0.05, 0.1) is 26.7 Å². The molecule has 0 aliphatic rings. The molecule has 5 nitrogen and oxygen atoms in total. The lowest BCUT2D eigenvalue weighted by Crippen LogP contribution is -2.07. The van der Waals surface area contributed by atoms with Crippen LogP contribution in [-0.4, -0.2) is 20.1 Å². The summed E-state index contributed by atoms with van der Waals surface area (Å²) in [6.45, 7) is 0. The Balaban J connectivity index is 2.01. The Labute approximate surface area is 141 Å². The first-order chi connectivity index (χ1) is 11.7. The van der Waals surface area contributed by atoms with E-state index in [1.54, 1.807) is 44.6 Å². The lowest BCUT2D eigenvalue weighted by molar-refractivity contribution is -0.111. The third kappa shape index (κ3) is 4.62. The van der Waals surface area contributed by atoms with Crippen LogP contribution < -0.4 is 14.8 Å². The van der Waals surface area contributed by atoms with Gasteiger partial charge in [-0.25, -0.2) is 0 Å². The summed E-state index contributed by atoms with van der Waals surface area (Å²) in [6, 6.07) is 14.7. The van der Waals surface area contributed by atoms with Crippen LogP contribution in [0.15, 0.2) is 48.5 Å². The average molecular weight is 322 g/mol. The summed E-state index contributed by atoms with van der Waals surface area (Å²) in [5.41, 5.74) is 2.42. The van der Waals surface area contributed by atoms with Crippen LogP contribution in [0.25, 0.3) is 6.08 Å². The standard InChI is InChI=1S/C19H18N2O3/c1-23-17-9-5-15(13-18(17)24-2)6-10-19(22)21-16-7-3-14(4-8-16)11-12-20/h3-10,13H,11H2,1-2H3,(H,21,22)/b10-6+. The summed E-state index contributed by atoms with van der Waals surface area (Å²) < 4.78 is 10.4. The molecule has 0 aliphatic carbocycles. The van der Waals surface area contributed by atoms with Crippen molar-refractivity contribution >= 4 is 17.7 Å². The van der Waals surface area contributed by atoms with Crippen LogP contribution in [0, 0.1) is 11.3 Å². The van der Waals surface area contributed by atoms with Crippen molar-refractivity contribution < 1.29 is 14.3 Å². The van der Waals surface area contributed by atoms with Gasteiger partial charge in [0.25, 0.3) is 0 Å². The monoisotopic (exact) mass is 322 g/mol. The summed E-state index contributed by atoms with van der Waals surface area (Å²) in [7, 11) is 3.14. The Hall–Kier alpha value is -3.26.